The van der Waals surface area contributed by atoms with Gasteiger partial charge in [-0.2, -0.15) is 0 Å². The second-order valence-corrected chi connectivity index (χ2v) is 4.83. The Morgan fingerprint density at radius 1 is 1.69 bits per heavy atom. The molecule has 1 aromatic rings. The zero-order chi connectivity index (χ0) is 8.67. The fraction of sp³-hybridized carbons (Fsp3) is 0.667. The lowest BCUT2D eigenvalue weighted by molar-refractivity contribution is 0.217. The van der Waals surface area contributed by atoms with E-state index in [1.165, 1.54) is 24.5 Å². The number of thiazole rings is 1. The minimum absolute atomic E-state index is 0.755. The van der Waals surface area contributed by atoms with Crippen LogP contribution in [0, 0.1) is 0 Å². The number of nitrogens with one attached hydrogen (secondary N) is 1. The first-order chi connectivity index (χ1) is 6.42. The van der Waals surface area contributed by atoms with Gasteiger partial charge in [0.25, 0.3) is 0 Å². The first kappa shape index (κ1) is 7.91. The number of hydrogen-bond donors (Lipinski definition) is 1. The number of fused-ring (bicyclic) bond motifs is 2. The summed E-state index contributed by atoms with van der Waals surface area (Å²) in [5.41, 5.74) is 0. The second-order valence-electron chi connectivity index (χ2n) is 3.85. The molecule has 2 fully saturated rings. The van der Waals surface area contributed by atoms with Crippen molar-refractivity contribution >= 4 is 11.3 Å². The van der Waals surface area contributed by atoms with Crippen LogP contribution in [-0.2, 0) is 6.54 Å². The average Bonchev–Trinajstić information content (AvgIpc) is 2.77. The molecule has 3 rings (SSSR count). The van der Waals surface area contributed by atoms with Crippen LogP contribution in [-0.4, -0.2) is 35.1 Å². The molecular weight excluding hydrogens is 182 g/mol. The topological polar surface area (TPSA) is 28.2 Å². The minimum Gasteiger partial charge on any atom is -0.311 e. The van der Waals surface area contributed by atoms with Crippen molar-refractivity contribution in [1.29, 1.82) is 0 Å². The van der Waals surface area contributed by atoms with E-state index in [1.807, 2.05) is 6.20 Å². The van der Waals surface area contributed by atoms with Crippen LogP contribution in [0.3, 0.4) is 0 Å². The van der Waals surface area contributed by atoms with Crippen molar-refractivity contribution < 1.29 is 0 Å². The van der Waals surface area contributed by atoms with Crippen molar-refractivity contribution in [3.05, 3.63) is 16.6 Å². The summed E-state index contributed by atoms with van der Waals surface area (Å²) in [5.74, 6) is 0. The van der Waals surface area contributed by atoms with E-state index in [1.54, 1.807) is 11.3 Å². The van der Waals surface area contributed by atoms with E-state index >= 15 is 0 Å². The van der Waals surface area contributed by atoms with Crippen LogP contribution >= 0.6 is 11.3 Å². The summed E-state index contributed by atoms with van der Waals surface area (Å²) in [6.45, 7) is 3.45. The van der Waals surface area contributed by atoms with Gasteiger partial charge in [0.05, 0.1) is 6.54 Å². The average molecular weight is 195 g/mol. The van der Waals surface area contributed by atoms with Crippen molar-refractivity contribution in [3.63, 3.8) is 0 Å². The molecule has 0 radical (unpaired) electrons. The third kappa shape index (κ3) is 1.39. The summed E-state index contributed by atoms with van der Waals surface area (Å²) in [5, 5.41) is 6.82. The van der Waals surface area contributed by atoms with E-state index in [9.17, 15) is 0 Å². The first-order valence-corrected chi connectivity index (χ1v) is 5.65. The number of likely N-dealkylation sites (tertiary alicyclic amines) is 1. The van der Waals surface area contributed by atoms with Gasteiger partial charge in [-0.3, -0.25) is 4.90 Å². The summed E-state index contributed by atoms with van der Waals surface area (Å²) < 4.78 is 0. The van der Waals surface area contributed by atoms with Gasteiger partial charge in [0, 0.05) is 36.8 Å². The Morgan fingerprint density at radius 2 is 2.69 bits per heavy atom. The highest BCUT2D eigenvalue weighted by molar-refractivity contribution is 7.09. The van der Waals surface area contributed by atoms with E-state index in [-0.39, 0.29) is 0 Å². The molecule has 3 nitrogen and oxygen atoms in total. The highest BCUT2D eigenvalue weighted by atomic mass is 32.1. The third-order valence-corrected chi connectivity index (χ3v) is 3.76. The molecule has 2 saturated heterocycles. The van der Waals surface area contributed by atoms with Crippen LogP contribution < -0.4 is 5.32 Å². The maximum Gasteiger partial charge on any atom is 0.107 e. The van der Waals surface area contributed by atoms with Crippen molar-refractivity contribution in [1.82, 2.24) is 15.2 Å². The third-order valence-electron chi connectivity index (χ3n) is 2.99. The number of aromatic nitrogens is 1. The Hall–Kier alpha value is -0.450. The van der Waals surface area contributed by atoms with Gasteiger partial charge in [-0.05, 0) is 6.42 Å². The molecule has 0 aromatic carbocycles. The molecule has 2 atom stereocenters. The molecule has 0 saturated carbocycles. The summed E-state index contributed by atoms with van der Waals surface area (Å²) in [4.78, 5) is 6.88. The molecular formula is C9H13N3S. The Bertz CT molecular complexity index is 285. The van der Waals surface area contributed by atoms with Gasteiger partial charge in [-0.1, -0.05) is 0 Å². The van der Waals surface area contributed by atoms with Crippen molar-refractivity contribution in [2.75, 3.05) is 13.1 Å². The molecule has 1 N–H and O–H groups in total. The van der Waals surface area contributed by atoms with E-state index in [4.69, 9.17) is 0 Å². The van der Waals surface area contributed by atoms with Gasteiger partial charge >= 0.3 is 0 Å². The maximum atomic E-state index is 4.32. The summed E-state index contributed by atoms with van der Waals surface area (Å²) >= 11 is 1.76. The predicted octanol–water partition coefficient (Wildman–Crippen LogP) is 0.689. The van der Waals surface area contributed by atoms with Crippen LogP contribution in [0.2, 0.25) is 0 Å². The molecule has 0 unspecified atom stereocenters. The largest absolute Gasteiger partial charge is 0.311 e. The Balaban J connectivity index is 1.68. The van der Waals surface area contributed by atoms with E-state index in [0.29, 0.717) is 0 Å². The van der Waals surface area contributed by atoms with Gasteiger partial charge in [0.2, 0.25) is 0 Å². The lowest BCUT2D eigenvalue weighted by atomic mass is 10.2. The summed E-state index contributed by atoms with van der Waals surface area (Å²) in [6.07, 6.45) is 3.23. The fourth-order valence-electron chi connectivity index (χ4n) is 2.35. The number of nitrogens with zero attached hydrogens (tertiary/aromatic N) is 2. The lowest BCUT2D eigenvalue weighted by Crippen LogP contribution is -2.42. The SMILES string of the molecule is c1csc(CN2C[C@H]3C[C@@H]2CN3)n1. The molecule has 2 bridgehead atoms. The summed E-state index contributed by atoms with van der Waals surface area (Å²) in [7, 11) is 0. The van der Waals surface area contributed by atoms with E-state index < -0.39 is 0 Å². The van der Waals surface area contributed by atoms with Crippen LogP contribution in [0.25, 0.3) is 0 Å². The quantitative estimate of drug-likeness (QED) is 0.752. The Kier molecular flexibility index (Phi) is 1.85. The summed E-state index contributed by atoms with van der Waals surface area (Å²) in [6, 6.07) is 1.53. The van der Waals surface area contributed by atoms with E-state index in [0.717, 1.165) is 18.6 Å². The van der Waals surface area contributed by atoms with Crippen LogP contribution in [0.5, 0.6) is 0 Å². The molecule has 2 aliphatic heterocycles. The first-order valence-electron chi connectivity index (χ1n) is 4.77. The molecule has 0 amide bonds. The molecule has 3 heterocycles. The highest BCUT2D eigenvalue weighted by Gasteiger charge is 2.37. The predicted molar refractivity (Wildman–Crippen MR) is 52.7 cm³/mol. The Morgan fingerprint density at radius 3 is 3.31 bits per heavy atom. The van der Waals surface area contributed by atoms with Crippen LogP contribution in [0.15, 0.2) is 11.6 Å². The van der Waals surface area contributed by atoms with Gasteiger partial charge in [-0.15, -0.1) is 11.3 Å². The zero-order valence-corrected chi connectivity index (χ0v) is 8.26. The van der Waals surface area contributed by atoms with Gasteiger partial charge < -0.3 is 5.32 Å². The molecule has 1 aromatic heterocycles. The van der Waals surface area contributed by atoms with Gasteiger partial charge in [0.15, 0.2) is 0 Å². The minimum atomic E-state index is 0.755. The maximum absolute atomic E-state index is 4.32. The van der Waals surface area contributed by atoms with Crippen molar-refractivity contribution in [2.24, 2.45) is 0 Å². The monoisotopic (exact) mass is 195 g/mol. The van der Waals surface area contributed by atoms with Crippen LogP contribution in [0.1, 0.15) is 11.4 Å². The van der Waals surface area contributed by atoms with Gasteiger partial charge in [-0.25, -0.2) is 4.98 Å². The molecule has 0 spiro atoms. The second kappa shape index (κ2) is 3.04. The molecule has 13 heavy (non-hydrogen) atoms. The number of piperazine rings is 1. The van der Waals surface area contributed by atoms with Crippen molar-refractivity contribution in [3.8, 4) is 0 Å². The molecule has 0 aliphatic carbocycles. The molecule has 4 heteroatoms. The smallest absolute Gasteiger partial charge is 0.107 e. The fourth-order valence-corrected chi connectivity index (χ4v) is 2.99. The normalized spacial score (nSPS) is 32.9. The Labute approximate surface area is 81.8 Å². The number of rotatable bonds is 2. The highest BCUT2D eigenvalue weighted by Crippen LogP contribution is 2.25. The molecule has 2 aliphatic rings. The zero-order valence-electron chi connectivity index (χ0n) is 7.44. The van der Waals surface area contributed by atoms with Crippen molar-refractivity contribution in [2.45, 2.75) is 25.0 Å². The van der Waals surface area contributed by atoms with Crippen LogP contribution in [0.4, 0.5) is 0 Å². The van der Waals surface area contributed by atoms with Gasteiger partial charge in [0.1, 0.15) is 5.01 Å². The van der Waals surface area contributed by atoms with E-state index in [2.05, 4.69) is 20.6 Å². The lowest BCUT2D eigenvalue weighted by Gasteiger charge is -2.25. The molecule has 70 valence electrons. The standard InChI is InChI=1S/C9H13N3S/c1-2-13-9(10-1)6-12-5-7-3-8(12)4-11-7/h1-2,7-8,11H,3-6H2/t7-,8-/m1/s1. The number of hydrogen-bond acceptors (Lipinski definition) is 4.